The number of aliphatic imine (C=N–C) groups is 1. The fraction of sp³-hybridized carbons (Fsp3) is 0.417. The summed E-state index contributed by atoms with van der Waals surface area (Å²) in [6.07, 6.45) is -1.27. The Bertz CT molecular complexity index is 464. The summed E-state index contributed by atoms with van der Waals surface area (Å²) < 4.78 is 28.1. The van der Waals surface area contributed by atoms with Crippen LogP contribution >= 0.6 is 11.8 Å². The van der Waals surface area contributed by atoms with Gasteiger partial charge >= 0.3 is 0 Å². The average molecular weight is 256 g/mol. The molecule has 1 aromatic rings. The number of nitrogens with zero attached hydrogens (tertiary/aromatic N) is 1. The van der Waals surface area contributed by atoms with E-state index in [4.69, 9.17) is 5.73 Å². The SMILES string of the molecule is C[C@H]1SC(N)=N[C@](C)(c2ccccc2F)[C@H]1F. The topological polar surface area (TPSA) is 38.4 Å². The lowest BCUT2D eigenvalue weighted by atomic mass is 9.86. The molecule has 17 heavy (non-hydrogen) atoms. The van der Waals surface area contributed by atoms with Gasteiger partial charge in [0, 0.05) is 10.8 Å². The number of halogens is 2. The maximum absolute atomic E-state index is 14.3. The quantitative estimate of drug-likeness (QED) is 0.839. The zero-order chi connectivity index (χ0) is 12.6. The average Bonchev–Trinajstić information content (AvgIpc) is 2.26. The number of benzene rings is 1. The third kappa shape index (κ3) is 2.04. The Morgan fingerprint density at radius 2 is 2.06 bits per heavy atom. The number of nitrogens with two attached hydrogens (primary N) is 1. The van der Waals surface area contributed by atoms with Gasteiger partial charge in [0.05, 0.1) is 0 Å². The van der Waals surface area contributed by atoms with Gasteiger partial charge in [-0.15, -0.1) is 0 Å². The van der Waals surface area contributed by atoms with Crippen molar-refractivity contribution >= 4 is 16.9 Å². The second kappa shape index (κ2) is 4.29. The van der Waals surface area contributed by atoms with Crippen LogP contribution in [0.1, 0.15) is 19.4 Å². The molecule has 0 unspecified atom stereocenters. The van der Waals surface area contributed by atoms with Crippen LogP contribution < -0.4 is 5.73 Å². The summed E-state index contributed by atoms with van der Waals surface area (Å²) in [5, 5.41) is -0.0331. The molecular formula is C12H14F2N2S. The van der Waals surface area contributed by atoms with E-state index in [2.05, 4.69) is 4.99 Å². The van der Waals surface area contributed by atoms with Crippen LogP contribution in [-0.2, 0) is 5.54 Å². The van der Waals surface area contributed by atoms with Gasteiger partial charge in [-0.25, -0.2) is 13.8 Å². The highest BCUT2D eigenvalue weighted by molar-refractivity contribution is 8.14. The molecule has 0 aromatic heterocycles. The molecular weight excluding hydrogens is 242 g/mol. The van der Waals surface area contributed by atoms with Crippen LogP contribution in [0.3, 0.4) is 0 Å². The third-order valence-electron chi connectivity index (χ3n) is 3.02. The standard InChI is InChI=1S/C12H14F2N2S/c1-7-10(14)12(2,16-11(15)17-7)8-5-3-4-6-9(8)13/h3-7,10H,1-2H3,(H2,15,16)/t7-,10+,12-/m1/s1. The Hall–Kier alpha value is -1.10. The molecule has 2 rings (SSSR count). The number of thioether (sulfide) groups is 1. The molecule has 0 spiro atoms. The van der Waals surface area contributed by atoms with E-state index < -0.39 is 17.5 Å². The van der Waals surface area contributed by atoms with Gasteiger partial charge in [0.15, 0.2) is 5.17 Å². The van der Waals surface area contributed by atoms with E-state index in [9.17, 15) is 8.78 Å². The van der Waals surface area contributed by atoms with Gasteiger partial charge < -0.3 is 5.73 Å². The second-order valence-electron chi connectivity index (χ2n) is 4.30. The third-order valence-corrected chi connectivity index (χ3v) is 3.96. The molecule has 3 atom stereocenters. The first-order valence-electron chi connectivity index (χ1n) is 5.36. The van der Waals surface area contributed by atoms with Crippen molar-refractivity contribution in [1.82, 2.24) is 0 Å². The van der Waals surface area contributed by atoms with Crippen molar-refractivity contribution < 1.29 is 8.78 Å². The summed E-state index contributed by atoms with van der Waals surface area (Å²) in [5.74, 6) is -0.451. The van der Waals surface area contributed by atoms with Gasteiger partial charge in [0.2, 0.25) is 0 Å². The van der Waals surface area contributed by atoms with Crippen molar-refractivity contribution in [2.45, 2.75) is 30.8 Å². The molecule has 0 saturated heterocycles. The van der Waals surface area contributed by atoms with E-state index in [1.54, 1.807) is 32.0 Å². The van der Waals surface area contributed by atoms with E-state index in [0.29, 0.717) is 5.17 Å². The minimum absolute atomic E-state index is 0.252. The molecule has 92 valence electrons. The maximum Gasteiger partial charge on any atom is 0.155 e. The van der Waals surface area contributed by atoms with Crippen molar-refractivity contribution in [3.05, 3.63) is 35.6 Å². The van der Waals surface area contributed by atoms with E-state index in [1.807, 2.05) is 0 Å². The van der Waals surface area contributed by atoms with Crippen LogP contribution in [0.25, 0.3) is 0 Å². The molecule has 2 nitrogen and oxygen atoms in total. The van der Waals surface area contributed by atoms with E-state index in [0.717, 1.165) is 0 Å². The molecule has 0 saturated carbocycles. The van der Waals surface area contributed by atoms with Gasteiger partial charge in [-0.05, 0) is 19.9 Å². The van der Waals surface area contributed by atoms with Crippen LogP contribution in [0.4, 0.5) is 8.78 Å². The van der Waals surface area contributed by atoms with Crippen molar-refractivity contribution in [3.63, 3.8) is 0 Å². The summed E-state index contributed by atoms with van der Waals surface area (Å²) in [6, 6.07) is 6.12. The Labute approximate surface area is 103 Å². The highest BCUT2D eigenvalue weighted by atomic mass is 32.2. The Morgan fingerprint density at radius 3 is 2.71 bits per heavy atom. The van der Waals surface area contributed by atoms with E-state index >= 15 is 0 Å². The fourth-order valence-electron chi connectivity index (χ4n) is 2.10. The molecule has 0 radical (unpaired) electrons. The molecule has 5 heteroatoms. The van der Waals surface area contributed by atoms with Gasteiger partial charge in [0.1, 0.15) is 17.5 Å². The van der Waals surface area contributed by atoms with Gasteiger partial charge in [0.25, 0.3) is 0 Å². The minimum Gasteiger partial charge on any atom is -0.379 e. The number of alkyl halides is 1. The largest absolute Gasteiger partial charge is 0.379 e. The summed E-state index contributed by atoms with van der Waals surface area (Å²) in [4.78, 5) is 4.12. The number of amidine groups is 1. The van der Waals surface area contributed by atoms with Crippen molar-refractivity contribution in [2.24, 2.45) is 10.7 Å². The van der Waals surface area contributed by atoms with Crippen LogP contribution in [-0.4, -0.2) is 16.6 Å². The molecule has 1 heterocycles. The highest BCUT2D eigenvalue weighted by Gasteiger charge is 2.44. The smallest absolute Gasteiger partial charge is 0.155 e. The summed E-state index contributed by atoms with van der Waals surface area (Å²) in [7, 11) is 0. The predicted octanol–water partition coefficient (Wildman–Crippen LogP) is 2.83. The summed E-state index contributed by atoms with van der Waals surface area (Å²) in [5.41, 5.74) is 4.69. The first kappa shape index (κ1) is 12.4. The van der Waals surface area contributed by atoms with Crippen molar-refractivity contribution in [2.75, 3.05) is 0 Å². The summed E-state index contributed by atoms with van der Waals surface area (Å²) >= 11 is 1.18. The van der Waals surface area contributed by atoms with Crippen molar-refractivity contribution in [1.29, 1.82) is 0 Å². The highest BCUT2D eigenvalue weighted by Crippen LogP contribution is 2.41. The van der Waals surface area contributed by atoms with Crippen LogP contribution in [0.5, 0.6) is 0 Å². The van der Waals surface area contributed by atoms with Crippen LogP contribution in [0, 0.1) is 5.82 Å². The number of rotatable bonds is 1. The molecule has 0 aliphatic carbocycles. The lowest BCUT2D eigenvalue weighted by molar-refractivity contribution is 0.200. The zero-order valence-corrected chi connectivity index (χ0v) is 10.5. The first-order chi connectivity index (χ1) is 7.95. The van der Waals surface area contributed by atoms with Gasteiger partial charge in [-0.3, -0.25) is 0 Å². The van der Waals surface area contributed by atoms with Gasteiger partial charge in [-0.2, -0.15) is 0 Å². The Kier molecular flexibility index (Phi) is 3.12. The lowest BCUT2D eigenvalue weighted by Crippen LogP contribution is -2.44. The van der Waals surface area contributed by atoms with E-state index in [1.165, 1.54) is 17.8 Å². The molecule has 1 aromatic carbocycles. The fourth-order valence-corrected chi connectivity index (χ4v) is 3.11. The monoisotopic (exact) mass is 256 g/mol. The lowest BCUT2D eigenvalue weighted by Gasteiger charge is -2.36. The molecule has 1 aliphatic heterocycles. The second-order valence-corrected chi connectivity index (χ2v) is 5.70. The minimum atomic E-state index is -1.27. The molecule has 2 N–H and O–H groups in total. The van der Waals surface area contributed by atoms with Crippen LogP contribution in [0.2, 0.25) is 0 Å². The number of hydrogen-bond acceptors (Lipinski definition) is 3. The van der Waals surface area contributed by atoms with E-state index in [-0.39, 0.29) is 10.8 Å². The molecule has 0 fully saturated rings. The normalized spacial score (nSPS) is 33.3. The first-order valence-corrected chi connectivity index (χ1v) is 6.24. The number of hydrogen-bond donors (Lipinski definition) is 1. The Balaban J connectivity index is 2.55. The Morgan fingerprint density at radius 1 is 1.41 bits per heavy atom. The molecule has 0 bridgehead atoms. The zero-order valence-electron chi connectivity index (χ0n) is 9.65. The molecule has 1 aliphatic rings. The van der Waals surface area contributed by atoms with Gasteiger partial charge in [-0.1, -0.05) is 30.0 Å². The maximum atomic E-state index is 14.3. The van der Waals surface area contributed by atoms with Crippen LogP contribution in [0.15, 0.2) is 29.3 Å². The molecule has 0 amide bonds. The predicted molar refractivity (Wildman–Crippen MR) is 67.3 cm³/mol. The van der Waals surface area contributed by atoms with Crippen molar-refractivity contribution in [3.8, 4) is 0 Å². The summed E-state index contributed by atoms with van der Waals surface area (Å²) in [6.45, 7) is 3.31.